The number of hydrogen-bond acceptors (Lipinski definition) is 4. The molecule has 0 bridgehead atoms. The molecule has 0 amide bonds. The van der Waals surface area contributed by atoms with Crippen LogP contribution in [0.4, 0.5) is 0 Å². The highest BCUT2D eigenvalue weighted by molar-refractivity contribution is 7.90. The van der Waals surface area contributed by atoms with Gasteiger partial charge in [-0.05, 0) is 24.3 Å². The second-order valence-corrected chi connectivity index (χ2v) is 6.35. The molecule has 0 aliphatic carbocycles. The summed E-state index contributed by atoms with van der Waals surface area (Å²) in [5, 5.41) is 9.49. The highest BCUT2D eigenvalue weighted by atomic mass is 35.5. The van der Waals surface area contributed by atoms with Crippen LogP contribution >= 0.6 is 11.6 Å². The summed E-state index contributed by atoms with van der Waals surface area (Å²) in [4.78, 5) is 15.0. The maximum atomic E-state index is 12.3. The Hall–Kier alpha value is -2.02. The second kappa shape index (κ2) is 6.00. The van der Waals surface area contributed by atoms with E-state index in [1.165, 1.54) is 12.1 Å². The van der Waals surface area contributed by atoms with Gasteiger partial charge in [0.25, 0.3) is 0 Å². The molecule has 3 rings (SSSR count). The van der Waals surface area contributed by atoms with Crippen LogP contribution in [0, 0.1) is 0 Å². The fraction of sp³-hybridized carbons (Fsp3) is 0.0667. The summed E-state index contributed by atoms with van der Waals surface area (Å²) in [5.41, 5.74) is 2.00. The van der Waals surface area contributed by atoms with Gasteiger partial charge in [-0.25, -0.2) is 4.79 Å². The fourth-order valence-electron chi connectivity index (χ4n) is 1.93. The van der Waals surface area contributed by atoms with Crippen LogP contribution in [0.25, 0.3) is 11.1 Å². The van der Waals surface area contributed by atoms with Crippen LogP contribution in [0.2, 0.25) is 5.02 Å². The molecule has 3 aromatic rings. The first-order chi connectivity index (χ1) is 10.5. The molecule has 0 aliphatic heterocycles. The minimum atomic E-state index is -1.46. The average Bonchev–Trinajstić information content (AvgIpc) is 2.91. The van der Waals surface area contributed by atoms with Crippen molar-refractivity contribution in [2.24, 2.45) is 0 Å². The lowest BCUT2D eigenvalue weighted by Crippen LogP contribution is -2.06. The summed E-state index contributed by atoms with van der Waals surface area (Å²) >= 11 is 4.41. The van der Waals surface area contributed by atoms with E-state index >= 15 is 0 Å². The summed E-state index contributed by atoms with van der Waals surface area (Å²) < 4.78 is 17.7. The van der Waals surface area contributed by atoms with E-state index in [4.69, 9.17) is 21.1 Å². The van der Waals surface area contributed by atoms with Crippen molar-refractivity contribution in [3.8, 4) is 0 Å². The largest absolute Gasteiger partial charge is 0.607 e. The average molecular weight is 336 g/mol. The minimum Gasteiger partial charge on any atom is -0.607 e. The smallest absolute Gasteiger partial charge is 0.416 e. The van der Waals surface area contributed by atoms with Crippen LogP contribution in [0.15, 0.2) is 52.1 Å². The minimum absolute atomic E-state index is 0.125. The van der Waals surface area contributed by atoms with Crippen molar-refractivity contribution >= 4 is 39.8 Å². The quantitative estimate of drug-likeness (QED) is 0.737. The lowest BCUT2D eigenvalue weighted by Gasteiger charge is -2.05. The first-order valence-electron chi connectivity index (χ1n) is 6.29. The molecule has 0 aliphatic rings. The molecule has 1 heterocycles. The number of nitrogens with zero attached hydrogens (tertiary/aromatic N) is 1. The maximum Gasteiger partial charge on any atom is 0.416 e. The predicted octanol–water partition coefficient (Wildman–Crippen LogP) is 3.49. The van der Waals surface area contributed by atoms with Crippen molar-refractivity contribution in [1.29, 1.82) is 0 Å². The van der Waals surface area contributed by atoms with Crippen LogP contribution < -0.4 is 0 Å². The molecule has 5 nitrogen and oxygen atoms in total. The number of fused-ring (bicyclic) bond motifs is 1. The summed E-state index contributed by atoms with van der Waals surface area (Å²) in [6, 6.07) is 11.2. The standard InChI is InChI=1S/C15H10ClNO4S/c16-11-5-6-12-13(7-11)21-15(17-12)22(20)8-9-1-3-10(4-2-9)14(18)19/h1-7H,8H2,(H,18,19). The van der Waals surface area contributed by atoms with Crippen LogP contribution in [-0.4, -0.2) is 20.6 Å². The molecule has 0 spiro atoms. The molecule has 7 heteroatoms. The fourth-order valence-corrected chi connectivity index (χ4v) is 3.10. The summed E-state index contributed by atoms with van der Waals surface area (Å²) in [5.74, 6) is -0.802. The third kappa shape index (κ3) is 3.09. The molecule has 112 valence electrons. The van der Waals surface area contributed by atoms with Crippen molar-refractivity contribution in [3.63, 3.8) is 0 Å². The molecule has 0 saturated carbocycles. The molecular formula is C15H10ClNO4S. The van der Waals surface area contributed by atoms with E-state index in [9.17, 15) is 9.35 Å². The van der Waals surface area contributed by atoms with E-state index in [0.717, 1.165) is 5.56 Å². The number of rotatable bonds is 4. The Morgan fingerprint density at radius 2 is 2.00 bits per heavy atom. The molecule has 22 heavy (non-hydrogen) atoms. The monoisotopic (exact) mass is 335 g/mol. The van der Waals surface area contributed by atoms with Gasteiger partial charge in [0, 0.05) is 16.7 Å². The summed E-state index contributed by atoms with van der Waals surface area (Å²) in [6.45, 7) is 0. The Balaban J connectivity index is 1.80. The van der Waals surface area contributed by atoms with Crippen molar-refractivity contribution < 1.29 is 18.9 Å². The van der Waals surface area contributed by atoms with E-state index in [1.807, 2.05) is 0 Å². The van der Waals surface area contributed by atoms with Crippen molar-refractivity contribution in [3.05, 3.63) is 58.6 Å². The molecule has 1 unspecified atom stereocenters. The number of aromatic carboxylic acids is 1. The van der Waals surface area contributed by atoms with E-state index in [2.05, 4.69) is 4.98 Å². The summed E-state index contributed by atoms with van der Waals surface area (Å²) in [6.07, 6.45) is 0. The van der Waals surface area contributed by atoms with Gasteiger partial charge < -0.3 is 14.1 Å². The number of oxazole rings is 1. The van der Waals surface area contributed by atoms with Gasteiger partial charge in [0.1, 0.15) is 11.3 Å². The topological polar surface area (TPSA) is 86.4 Å². The third-order valence-electron chi connectivity index (χ3n) is 3.02. The maximum absolute atomic E-state index is 12.3. The van der Waals surface area contributed by atoms with E-state index < -0.39 is 17.1 Å². The Bertz CT molecular complexity index is 831. The number of hydrogen-bond donors (Lipinski definition) is 1. The first kappa shape index (κ1) is 14.9. The molecule has 0 saturated heterocycles. The molecule has 2 aromatic carbocycles. The first-order valence-corrected chi connectivity index (χ1v) is 7.99. The van der Waals surface area contributed by atoms with Gasteiger partial charge in [-0.1, -0.05) is 23.7 Å². The van der Waals surface area contributed by atoms with Gasteiger partial charge in [0.15, 0.2) is 5.58 Å². The second-order valence-electron chi connectivity index (χ2n) is 4.58. The zero-order chi connectivity index (χ0) is 15.7. The Morgan fingerprint density at radius 1 is 1.27 bits per heavy atom. The Morgan fingerprint density at radius 3 is 2.68 bits per heavy atom. The van der Waals surface area contributed by atoms with E-state index in [1.54, 1.807) is 30.3 Å². The van der Waals surface area contributed by atoms with Gasteiger partial charge >= 0.3 is 11.2 Å². The van der Waals surface area contributed by atoms with Gasteiger partial charge in [-0.15, -0.1) is 0 Å². The lowest BCUT2D eigenvalue weighted by atomic mass is 10.1. The number of benzene rings is 2. The van der Waals surface area contributed by atoms with Gasteiger partial charge in [-0.2, -0.15) is 4.98 Å². The van der Waals surface area contributed by atoms with Crippen LogP contribution in [0.5, 0.6) is 0 Å². The molecular weight excluding hydrogens is 326 g/mol. The predicted molar refractivity (Wildman–Crippen MR) is 82.5 cm³/mol. The van der Waals surface area contributed by atoms with Crippen molar-refractivity contribution in [2.45, 2.75) is 11.0 Å². The number of carboxylic acid groups (broad SMARTS) is 1. The molecule has 1 atom stereocenters. The normalized spacial score (nSPS) is 12.5. The van der Waals surface area contributed by atoms with Crippen molar-refractivity contribution in [1.82, 2.24) is 4.98 Å². The van der Waals surface area contributed by atoms with E-state index in [-0.39, 0.29) is 16.5 Å². The van der Waals surface area contributed by atoms with Gasteiger partial charge in [0.05, 0.1) is 16.7 Å². The molecule has 0 radical (unpaired) electrons. The molecule has 0 fully saturated rings. The molecule has 1 aromatic heterocycles. The number of carbonyl (C=O) groups is 1. The SMILES string of the molecule is O=C(O)c1ccc(C[S+]([O-])c2nc3ccc(Cl)cc3o2)cc1. The van der Waals surface area contributed by atoms with Gasteiger partial charge in [0.2, 0.25) is 0 Å². The number of halogens is 1. The third-order valence-corrected chi connectivity index (χ3v) is 4.42. The van der Waals surface area contributed by atoms with Crippen molar-refractivity contribution in [2.75, 3.05) is 0 Å². The lowest BCUT2D eigenvalue weighted by molar-refractivity contribution is 0.0697. The highest BCUT2D eigenvalue weighted by Crippen LogP contribution is 2.24. The van der Waals surface area contributed by atoms with Crippen LogP contribution in [0.1, 0.15) is 15.9 Å². The zero-order valence-corrected chi connectivity index (χ0v) is 12.7. The van der Waals surface area contributed by atoms with Gasteiger partial charge in [-0.3, -0.25) is 0 Å². The summed E-state index contributed by atoms with van der Waals surface area (Å²) in [7, 11) is 0. The highest BCUT2D eigenvalue weighted by Gasteiger charge is 2.20. The zero-order valence-electron chi connectivity index (χ0n) is 11.2. The number of carboxylic acids is 1. The van der Waals surface area contributed by atoms with Crippen LogP contribution in [0.3, 0.4) is 0 Å². The van der Waals surface area contributed by atoms with Crippen LogP contribution in [-0.2, 0) is 16.9 Å². The molecule has 1 N–H and O–H groups in total. The number of aromatic nitrogens is 1. The Labute approximate surface area is 133 Å². The van der Waals surface area contributed by atoms with E-state index in [0.29, 0.717) is 16.1 Å². The Kier molecular flexibility index (Phi) is 4.06.